The zero-order valence-corrected chi connectivity index (χ0v) is 13.1. The summed E-state index contributed by atoms with van der Waals surface area (Å²) in [5.41, 5.74) is 0. The van der Waals surface area contributed by atoms with Crippen molar-refractivity contribution in [2.75, 3.05) is 40.3 Å². The van der Waals surface area contributed by atoms with Gasteiger partial charge in [-0.25, -0.2) is 4.79 Å². The van der Waals surface area contributed by atoms with E-state index in [-0.39, 0.29) is 12.5 Å². The second-order valence-corrected chi connectivity index (χ2v) is 6.50. The van der Waals surface area contributed by atoms with Crippen LogP contribution in [-0.4, -0.2) is 78.1 Å². The van der Waals surface area contributed by atoms with E-state index in [9.17, 15) is 9.59 Å². The van der Waals surface area contributed by atoms with Gasteiger partial charge in [-0.15, -0.1) is 0 Å². The van der Waals surface area contributed by atoms with E-state index in [1.54, 1.807) is 0 Å². The number of rotatable bonds is 4. The molecule has 6 nitrogen and oxygen atoms in total. The van der Waals surface area contributed by atoms with Gasteiger partial charge in [0.2, 0.25) is 0 Å². The monoisotopic (exact) mass is 297 g/mol. The molecule has 0 spiro atoms. The maximum Gasteiger partial charge on any atom is 0.320 e. The van der Waals surface area contributed by atoms with E-state index in [0.717, 1.165) is 51.9 Å². The smallest absolute Gasteiger partial charge is 0.320 e. The maximum absolute atomic E-state index is 12.5. The van der Waals surface area contributed by atoms with Crippen molar-refractivity contribution in [2.45, 2.75) is 38.1 Å². The van der Waals surface area contributed by atoms with Crippen molar-refractivity contribution in [1.82, 2.24) is 14.7 Å². The summed E-state index contributed by atoms with van der Waals surface area (Å²) in [5, 5.41) is 8.72. The van der Waals surface area contributed by atoms with Crippen LogP contribution in [0, 0.1) is 5.92 Å². The Morgan fingerprint density at radius 3 is 2.24 bits per heavy atom. The molecule has 1 N–H and O–H groups in total. The number of likely N-dealkylation sites (tertiary alicyclic amines) is 2. The highest BCUT2D eigenvalue weighted by Gasteiger charge is 2.32. The van der Waals surface area contributed by atoms with Gasteiger partial charge in [0, 0.05) is 38.6 Å². The molecule has 0 aromatic carbocycles. The quantitative estimate of drug-likeness (QED) is 0.850. The van der Waals surface area contributed by atoms with E-state index in [1.165, 1.54) is 0 Å². The molecule has 2 aliphatic heterocycles. The van der Waals surface area contributed by atoms with E-state index in [2.05, 4.69) is 19.0 Å². The number of urea groups is 1. The van der Waals surface area contributed by atoms with Crippen LogP contribution >= 0.6 is 0 Å². The minimum atomic E-state index is -0.722. The summed E-state index contributed by atoms with van der Waals surface area (Å²) in [6.45, 7) is 3.21. The summed E-state index contributed by atoms with van der Waals surface area (Å²) < 4.78 is 0. The van der Waals surface area contributed by atoms with Gasteiger partial charge in [-0.3, -0.25) is 4.79 Å². The lowest BCUT2D eigenvalue weighted by atomic mass is 9.92. The number of aliphatic carboxylic acids is 1. The van der Waals surface area contributed by atoms with Gasteiger partial charge in [0.1, 0.15) is 0 Å². The molecule has 2 amide bonds. The van der Waals surface area contributed by atoms with Gasteiger partial charge in [-0.1, -0.05) is 0 Å². The lowest BCUT2D eigenvalue weighted by Gasteiger charge is -2.34. The Bertz CT molecular complexity index is 378. The van der Waals surface area contributed by atoms with Crippen LogP contribution in [0.4, 0.5) is 4.79 Å². The number of piperidine rings is 1. The van der Waals surface area contributed by atoms with Crippen LogP contribution in [-0.2, 0) is 4.79 Å². The molecule has 1 atom stereocenters. The number of carbonyl (C=O) groups is 2. The first kappa shape index (κ1) is 16.1. The lowest BCUT2D eigenvalue weighted by Crippen LogP contribution is -2.46. The lowest BCUT2D eigenvalue weighted by molar-refractivity contribution is -0.137. The van der Waals surface area contributed by atoms with Crippen molar-refractivity contribution >= 4 is 12.0 Å². The summed E-state index contributed by atoms with van der Waals surface area (Å²) in [6, 6.07) is 0.637. The number of nitrogens with zero attached hydrogens (tertiary/aromatic N) is 3. The van der Waals surface area contributed by atoms with Gasteiger partial charge in [0.15, 0.2) is 0 Å². The van der Waals surface area contributed by atoms with Crippen LogP contribution in [0.5, 0.6) is 0 Å². The van der Waals surface area contributed by atoms with Crippen molar-refractivity contribution in [3.8, 4) is 0 Å². The number of amides is 2. The topological polar surface area (TPSA) is 64.1 Å². The summed E-state index contributed by atoms with van der Waals surface area (Å²) in [6.07, 6.45) is 3.90. The van der Waals surface area contributed by atoms with E-state index >= 15 is 0 Å². The summed E-state index contributed by atoms with van der Waals surface area (Å²) in [7, 11) is 4.12. The van der Waals surface area contributed by atoms with Gasteiger partial charge in [-0.05, 0) is 45.7 Å². The largest absolute Gasteiger partial charge is 0.481 e. The van der Waals surface area contributed by atoms with E-state index < -0.39 is 5.97 Å². The minimum absolute atomic E-state index is 0.163. The third kappa shape index (κ3) is 4.33. The normalized spacial score (nSPS) is 23.9. The zero-order valence-electron chi connectivity index (χ0n) is 13.1. The molecular formula is C15H27N3O3. The van der Waals surface area contributed by atoms with Gasteiger partial charge >= 0.3 is 12.0 Å². The van der Waals surface area contributed by atoms with Gasteiger partial charge in [-0.2, -0.15) is 0 Å². The zero-order chi connectivity index (χ0) is 15.4. The van der Waals surface area contributed by atoms with Crippen LogP contribution in [0.3, 0.4) is 0 Å². The van der Waals surface area contributed by atoms with Crippen LogP contribution < -0.4 is 0 Å². The first-order chi connectivity index (χ1) is 9.97. The third-order valence-electron chi connectivity index (χ3n) is 4.82. The maximum atomic E-state index is 12.5. The fourth-order valence-corrected chi connectivity index (χ4v) is 3.28. The van der Waals surface area contributed by atoms with Crippen LogP contribution in [0.1, 0.15) is 32.1 Å². The van der Waals surface area contributed by atoms with Crippen LogP contribution in [0.15, 0.2) is 0 Å². The van der Waals surface area contributed by atoms with Crippen molar-refractivity contribution in [2.24, 2.45) is 5.92 Å². The summed E-state index contributed by atoms with van der Waals surface area (Å²) in [5.74, 6) is -0.265. The molecule has 2 fully saturated rings. The number of hydrogen-bond donors (Lipinski definition) is 1. The van der Waals surface area contributed by atoms with Crippen LogP contribution in [0.25, 0.3) is 0 Å². The Hall–Kier alpha value is -1.30. The predicted octanol–water partition coefficient (Wildman–Crippen LogP) is 1.32. The highest BCUT2D eigenvalue weighted by Crippen LogP contribution is 2.24. The van der Waals surface area contributed by atoms with Crippen molar-refractivity contribution in [3.05, 3.63) is 0 Å². The molecular weight excluding hydrogens is 270 g/mol. The molecule has 1 unspecified atom stereocenters. The molecule has 2 heterocycles. The average molecular weight is 297 g/mol. The van der Waals surface area contributed by atoms with Crippen molar-refractivity contribution < 1.29 is 14.7 Å². The van der Waals surface area contributed by atoms with E-state index in [1.807, 2.05) is 9.80 Å². The molecule has 2 aliphatic rings. The molecule has 21 heavy (non-hydrogen) atoms. The fourth-order valence-electron chi connectivity index (χ4n) is 3.28. The molecule has 0 aromatic heterocycles. The highest BCUT2D eigenvalue weighted by atomic mass is 16.4. The summed E-state index contributed by atoms with van der Waals surface area (Å²) >= 11 is 0. The second-order valence-electron chi connectivity index (χ2n) is 6.50. The standard InChI is InChI=1S/C15H27N3O3/c1-16(2)13-7-10-18(11-13)15(21)17-8-5-12(6-9-17)3-4-14(19)20/h12-13H,3-11H2,1-2H3,(H,19,20). The molecule has 2 rings (SSSR count). The van der Waals surface area contributed by atoms with Crippen molar-refractivity contribution in [3.63, 3.8) is 0 Å². The van der Waals surface area contributed by atoms with Gasteiger partial charge in [0.05, 0.1) is 0 Å². The molecule has 0 saturated carbocycles. The second kappa shape index (κ2) is 7.11. The van der Waals surface area contributed by atoms with Gasteiger partial charge in [0.25, 0.3) is 0 Å². The molecule has 0 bridgehead atoms. The predicted molar refractivity (Wildman–Crippen MR) is 80.2 cm³/mol. The number of carbonyl (C=O) groups excluding carboxylic acids is 1. The molecule has 6 heteroatoms. The van der Waals surface area contributed by atoms with Crippen molar-refractivity contribution in [1.29, 1.82) is 0 Å². The number of carboxylic acid groups (broad SMARTS) is 1. The van der Waals surface area contributed by atoms with E-state index in [4.69, 9.17) is 5.11 Å². The molecule has 0 radical (unpaired) electrons. The average Bonchev–Trinajstić information content (AvgIpc) is 2.95. The third-order valence-corrected chi connectivity index (χ3v) is 4.82. The molecule has 2 saturated heterocycles. The number of hydrogen-bond acceptors (Lipinski definition) is 3. The van der Waals surface area contributed by atoms with E-state index in [0.29, 0.717) is 12.0 Å². The van der Waals surface area contributed by atoms with Gasteiger partial charge < -0.3 is 19.8 Å². The molecule has 120 valence electrons. The first-order valence-electron chi connectivity index (χ1n) is 7.89. The Kier molecular flexibility index (Phi) is 5.45. The Morgan fingerprint density at radius 1 is 1.10 bits per heavy atom. The number of carboxylic acids is 1. The molecule has 0 aromatic rings. The number of likely N-dealkylation sites (N-methyl/N-ethyl adjacent to an activating group) is 1. The highest BCUT2D eigenvalue weighted by molar-refractivity contribution is 5.75. The fraction of sp³-hybridized carbons (Fsp3) is 0.867. The Labute approximate surface area is 126 Å². The summed E-state index contributed by atoms with van der Waals surface area (Å²) in [4.78, 5) is 29.2. The van der Waals surface area contributed by atoms with Crippen LogP contribution in [0.2, 0.25) is 0 Å². The Balaban J connectivity index is 1.74. The molecule has 0 aliphatic carbocycles. The first-order valence-corrected chi connectivity index (χ1v) is 7.89. The minimum Gasteiger partial charge on any atom is -0.481 e. The Morgan fingerprint density at radius 2 is 1.71 bits per heavy atom. The SMILES string of the molecule is CN(C)C1CCN(C(=O)N2CCC(CCC(=O)O)CC2)C1.